The number of carboxylic acids is 2. The number of guanidine groups is 2. The van der Waals surface area contributed by atoms with Crippen molar-refractivity contribution in [2.24, 2.45) is 51.4 Å². The molecule has 3 aliphatic rings. The minimum absolute atomic E-state index is 0. The predicted octanol–water partition coefficient (Wildman–Crippen LogP) is -5.04. The molecule has 6 unspecified atom stereocenters. The van der Waals surface area contributed by atoms with Crippen LogP contribution in [-0.4, -0.2) is 241 Å². The number of nitrogens with zero attached hydrogens (tertiary/aromatic N) is 1. The number of Topliss-reactive ketones (excluding diaryl/α,β-unsaturated/α-hetero) is 3. The molecule has 36 heteroatoms. The third kappa shape index (κ3) is 21.2. The number of aliphatic imine (C=N–C) groups is 1. The molecule has 0 aliphatic carbocycles. The maximum absolute atomic E-state index is 15.2. The monoisotopic (exact) mass is 1240 g/mol. The van der Waals surface area contributed by atoms with Crippen molar-refractivity contribution in [1.29, 1.82) is 0 Å². The van der Waals surface area contributed by atoms with Gasteiger partial charge >= 0.3 is 53.4 Å². The smallest absolute Gasteiger partial charge is 0.375 e. The average Bonchev–Trinajstić information content (AvgIpc) is 3.43. The number of halogens is 6. The van der Waals surface area contributed by atoms with Gasteiger partial charge in [0.1, 0.15) is 60.0 Å². The molecule has 0 aromatic heterocycles. The highest BCUT2D eigenvalue weighted by molar-refractivity contribution is 5.81. The maximum Gasteiger partial charge on any atom is 0.375 e. The molecule has 84 heavy (non-hydrogen) atoms. The summed E-state index contributed by atoms with van der Waals surface area (Å²) in [5, 5.41) is 82.6. The number of carbonyl (C=O) groups excluding carboxylic acids is 6. The lowest BCUT2D eigenvalue weighted by molar-refractivity contribution is -0.549. The highest BCUT2D eigenvalue weighted by Crippen LogP contribution is 2.44. The Labute approximate surface area is 479 Å². The molecule has 3 saturated heterocycles. The van der Waals surface area contributed by atoms with Crippen molar-refractivity contribution < 1.29 is 144 Å². The standard InChI is InChI=1S/C17H25F2NO8.C15H25F2N3O7.C13H21F2N3O7.CH4O.2CH4/c1-5-11(26-8(3)22)14(27-9(4)23)13-10(6-7(2)21)12(20)15(18)17(19,28-13)16(24)25;1-3-26-13(25)15(17)12(16)9(20-14(18)19)7(4-6(2)22)11(27-15)10(24)8(23)5-21;1-4(20)2-5-7(18-12(16)17)10(14)13(15,11(23)24)25-9(5)8(22)6(21)3-19;1-2;;/h10-15H,5-6,20H2,1-4H3,(H,24,25);7-12,21,23-24H,3-5H2,1-2H3,(H4,18,19,20);5-10,19,21-22H,2-3H2,1H3,(H,23,24)(H4,16,17,18);2H,1H3;2*1H4/p+1/t10-,11-,12+,13?,14-,15?,17-;7-,8-,9+,10-,11?,12?,15-;5-,6-,7+,8-,9?,10?,13-;;;/m111.../s1. The molecule has 0 saturated carbocycles. The maximum atomic E-state index is 15.2. The molecule has 0 aromatic rings. The molecule has 0 radical (unpaired) electrons. The third-order valence-corrected chi connectivity index (χ3v) is 12.5. The largest absolute Gasteiger partial charge is 0.477 e. The topological polar surface area (TPSA) is 530 Å². The fourth-order valence-corrected chi connectivity index (χ4v) is 8.93. The van der Waals surface area contributed by atoms with E-state index in [1.807, 2.05) is 0 Å². The van der Waals surface area contributed by atoms with Gasteiger partial charge in [-0.1, -0.05) is 21.8 Å². The number of hydrogen-bond donors (Lipinski definition) is 15. The lowest BCUT2D eigenvalue weighted by atomic mass is 9.78. The van der Waals surface area contributed by atoms with Crippen molar-refractivity contribution >= 4 is 59.1 Å². The van der Waals surface area contributed by atoms with Gasteiger partial charge in [0.15, 0.2) is 24.4 Å². The minimum atomic E-state index is -3.93. The lowest BCUT2D eigenvalue weighted by Gasteiger charge is -2.46. The van der Waals surface area contributed by atoms with Gasteiger partial charge < -0.3 is 106 Å². The average molecular weight is 1240 g/mol. The van der Waals surface area contributed by atoms with Gasteiger partial charge in [-0.2, -0.15) is 13.2 Å². The summed E-state index contributed by atoms with van der Waals surface area (Å²) in [5.41, 5.74) is 26.7. The first-order valence-electron chi connectivity index (χ1n) is 24.7. The van der Waals surface area contributed by atoms with Gasteiger partial charge in [0, 0.05) is 64.0 Å². The van der Waals surface area contributed by atoms with E-state index in [0.717, 1.165) is 34.8 Å². The molecule has 0 aromatic carbocycles. The zero-order valence-electron chi connectivity index (χ0n) is 45.7. The van der Waals surface area contributed by atoms with Crippen molar-refractivity contribution in [2.45, 2.75) is 198 Å². The predicted molar refractivity (Wildman–Crippen MR) is 276 cm³/mol. The quantitative estimate of drug-likeness (QED) is 0.0150. The highest BCUT2D eigenvalue weighted by Gasteiger charge is 2.66. The van der Waals surface area contributed by atoms with Gasteiger partial charge in [-0.05, 0) is 34.1 Å². The van der Waals surface area contributed by atoms with E-state index in [0.29, 0.717) is 0 Å². The van der Waals surface area contributed by atoms with E-state index in [1.54, 1.807) is 6.92 Å². The van der Waals surface area contributed by atoms with Crippen molar-refractivity contribution in [3.8, 4) is 0 Å². The second kappa shape index (κ2) is 36.1. The van der Waals surface area contributed by atoms with Crippen LogP contribution in [0.2, 0.25) is 0 Å². The van der Waals surface area contributed by atoms with Crippen LogP contribution in [0.5, 0.6) is 0 Å². The van der Waals surface area contributed by atoms with Crippen LogP contribution in [0, 0.1) is 17.8 Å². The van der Waals surface area contributed by atoms with Gasteiger partial charge in [0.2, 0.25) is 6.17 Å². The first kappa shape index (κ1) is 82.3. The number of alkyl halides is 6. The number of ketones is 3. The number of esters is 3. The summed E-state index contributed by atoms with van der Waals surface area (Å²) in [6.45, 7) is 6.28. The number of aliphatic carboxylic acids is 2. The molecule has 0 spiro atoms. The van der Waals surface area contributed by atoms with E-state index in [1.165, 1.54) is 13.8 Å². The van der Waals surface area contributed by atoms with Crippen LogP contribution in [0.1, 0.15) is 89.0 Å². The van der Waals surface area contributed by atoms with Gasteiger partial charge in [0.25, 0.3) is 0 Å². The van der Waals surface area contributed by atoms with Crippen molar-refractivity contribution in [3.63, 3.8) is 0 Å². The van der Waals surface area contributed by atoms with Crippen molar-refractivity contribution in [1.82, 2.24) is 0 Å². The number of hydrogen-bond acceptors (Lipinski definition) is 23. The van der Waals surface area contributed by atoms with Crippen LogP contribution in [0.15, 0.2) is 4.99 Å². The summed E-state index contributed by atoms with van der Waals surface area (Å²) in [7, 11) is 1.00. The van der Waals surface area contributed by atoms with Crippen molar-refractivity contribution in [3.05, 3.63) is 0 Å². The van der Waals surface area contributed by atoms with Gasteiger partial charge in [-0.15, -0.1) is 0 Å². The second-order valence-electron chi connectivity index (χ2n) is 18.8. The van der Waals surface area contributed by atoms with Crippen LogP contribution < -0.4 is 33.7 Å². The Hall–Kier alpha value is -5.96. The van der Waals surface area contributed by atoms with Crippen LogP contribution in [0.4, 0.5) is 26.3 Å². The molecule has 3 fully saturated rings. The van der Waals surface area contributed by atoms with Gasteiger partial charge in [-0.3, -0.25) is 26.0 Å². The summed E-state index contributed by atoms with van der Waals surface area (Å²) < 4.78 is 118. The number of ether oxygens (including phenoxy) is 6. The van der Waals surface area contributed by atoms with Crippen LogP contribution in [0.25, 0.3) is 0 Å². The van der Waals surface area contributed by atoms with E-state index in [-0.39, 0.29) is 27.9 Å². The summed E-state index contributed by atoms with van der Waals surface area (Å²) in [6.07, 6.45) is -25.3. The zero-order chi connectivity index (χ0) is 64.3. The molecule has 3 heterocycles. The fraction of sp³-hybridized carbons (Fsp3) is 0.792. The number of aliphatic hydroxyl groups is 7. The van der Waals surface area contributed by atoms with Crippen LogP contribution >= 0.6 is 0 Å². The number of nitrogens with one attached hydrogen (secondary N) is 1. The molecule has 3 aliphatic heterocycles. The van der Waals surface area contributed by atoms with E-state index >= 15 is 4.39 Å². The Morgan fingerprint density at radius 1 is 0.619 bits per heavy atom. The number of carboxylic acid groups (broad SMARTS) is 2. The van der Waals surface area contributed by atoms with Crippen LogP contribution in [0.3, 0.4) is 0 Å². The van der Waals surface area contributed by atoms with Gasteiger partial charge in [0.05, 0.1) is 38.1 Å². The summed E-state index contributed by atoms with van der Waals surface area (Å²) >= 11 is 0. The molecule has 20 N–H and O–H groups in total. The Balaban J connectivity index is -0.00000114. The summed E-state index contributed by atoms with van der Waals surface area (Å²) in [4.78, 5) is 97.8. The number of nitrogens with two attached hydrogens (primary N) is 5. The normalized spacial score (nSPS) is 31.7. The SMILES string of the molecule is C.C.CC(=O)C[C@H]1C([C@H](O)[C@H](O)CO)O[C@@](F)(C(=O)O)C(F)[C@H]1N=C(N)N.CCOC(=O)[C@]1(F)OC([C@H](O)[C@H](O)CO)[C@H](CC(C)=O)[C@H]([NH+]=C(N)N)C1F.CC[C@@H](OC(C)=O)[C@@H](OC(C)=O)C1O[C@@](F)(C(=O)O)C(F)[C@@H](N)[C@H]1CC(C)=O.CO. The number of carbonyl (C=O) groups is 8. The lowest BCUT2D eigenvalue weighted by Crippen LogP contribution is -2.91. The summed E-state index contributed by atoms with van der Waals surface area (Å²) in [6, 6.07) is -5.31. The molecule has 30 nitrogen and oxygen atoms in total. The van der Waals surface area contributed by atoms with E-state index in [4.69, 9.17) is 73.1 Å². The number of aliphatic hydroxyl groups excluding tert-OH is 7. The Kier molecular flexibility index (Phi) is 35.4. The molecule has 0 amide bonds. The Morgan fingerprint density at radius 3 is 1.38 bits per heavy atom. The highest BCUT2D eigenvalue weighted by atomic mass is 19.2. The molecule has 3 rings (SSSR count). The Bertz CT molecular complexity index is 2230. The zero-order valence-corrected chi connectivity index (χ0v) is 45.7. The molecule has 490 valence electrons. The van der Waals surface area contributed by atoms with E-state index < -0.39 is 218 Å². The first-order valence-corrected chi connectivity index (χ1v) is 24.7. The second-order valence-corrected chi connectivity index (χ2v) is 18.8. The third-order valence-electron chi connectivity index (χ3n) is 12.5. The van der Waals surface area contributed by atoms with Crippen molar-refractivity contribution in [2.75, 3.05) is 26.9 Å². The molecule has 0 bridgehead atoms. The fourth-order valence-electron chi connectivity index (χ4n) is 8.93. The van der Waals surface area contributed by atoms with E-state index in [2.05, 4.69) is 19.5 Å². The Morgan fingerprint density at radius 2 is 1.01 bits per heavy atom. The first-order chi connectivity index (χ1) is 37.8. The molecular weight excluding hydrogens is 1160 g/mol. The minimum Gasteiger partial charge on any atom is -0.477 e. The molecular formula is C48H84F6N7O23+. The van der Waals surface area contributed by atoms with E-state index in [9.17, 15) is 80.7 Å². The summed E-state index contributed by atoms with van der Waals surface area (Å²) in [5.74, 6) is -25.9. The molecule has 21 atom stereocenters. The number of rotatable bonds is 23. The van der Waals surface area contributed by atoms with Gasteiger partial charge in [-0.25, -0.2) is 32.5 Å². The van der Waals surface area contributed by atoms with Crippen LogP contribution in [-0.2, 0) is 66.8 Å².